The minimum absolute atomic E-state index is 0.261. The molecule has 2 rings (SSSR count). The number of rotatable bonds is 5. The fraction of sp³-hybridized carbons (Fsp3) is 0.467. The quantitative estimate of drug-likeness (QED) is 0.790. The molecule has 1 heterocycles. The van der Waals surface area contributed by atoms with Crippen LogP contribution in [0.5, 0.6) is 0 Å². The molecule has 1 fully saturated rings. The summed E-state index contributed by atoms with van der Waals surface area (Å²) in [5.41, 5.74) is 3.62. The first-order chi connectivity index (χ1) is 11.3. The number of likely N-dealkylation sites (tertiary alicyclic amines) is 1. The summed E-state index contributed by atoms with van der Waals surface area (Å²) < 4.78 is 25.0. The number of halogens is 1. The van der Waals surface area contributed by atoms with Gasteiger partial charge in [0.1, 0.15) is 6.54 Å². The SMILES string of the molecule is CN1CCC(=NNC(=O)CN(c2ccccc2Cl)S(C)(=O)=O)CC1. The van der Waals surface area contributed by atoms with Gasteiger partial charge in [-0.05, 0) is 19.2 Å². The molecule has 1 N–H and O–H groups in total. The molecule has 0 radical (unpaired) electrons. The molecule has 0 aromatic heterocycles. The van der Waals surface area contributed by atoms with Gasteiger partial charge in [-0.25, -0.2) is 13.8 Å². The second-order valence-electron chi connectivity index (χ2n) is 5.74. The molecule has 0 aliphatic carbocycles. The molecule has 1 aliphatic heterocycles. The normalized spacial score (nSPS) is 15.9. The van der Waals surface area contributed by atoms with Gasteiger partial charge in [0.2, 0.25) is 10.0 Å². The number of carbonyl (C=O) groups is 1. The summed E-state index contributed by atoms with van der Waals surface area (Å²) in [6.45, 7) is 1.41. The Labute approximate surface area is 147 Å². The van der Waals surface area contributed by atoms with Crippen LogP contribution in [0.15, 0.2) is 29.4 Å². The monoisotopic (exact) mass is 372 g/mol. The van der Waals surface area contributed by atoms with Crippen LogP contribution in [0.2, 0.25) is 5.02 Å². The number of hydrogen-bond acceptors (Lipinski definition) is 5. The highest BCUT2D eigenvalue weighted by atomic mass is 35.5. The molecule has 0 spiro atoms. The van der Waals surface area contributed by atoms with E-state index in [-0.39, 0.29) is 17.3 Å². The van der Waals surface area contributed by atoms with E-state index in [1.54, 1.807) is 24.3 Å². The molecule has 0 atom stereocenters. The highest BCUT2D eigenvalue weighted by Crippen LogP contribution is 2.26. The topological polar surface area (TPSA) is 82.1 Å². The number of piperidine rings is 1. The van der Waals surface area contributed by atoms with Crippen LogP contribution in [-0.2, 0) is 14.8 Å². The maximum atomic E-state index is 12.1. The predicted molar refractivity (Wildman–Crippen MR) is 96.0 cm³/mol. The second-order valence-corrected chi connectivity index (χ2v) is 8.05. The van der Waals surface area contributed by atoms with E-state index in [4.69, 9.17) is 11.6 Å². The number of nitrogens with zero attached hydrogens (tertiary/aromatic N) is 3. The lowest BCUT2D eigenvalue weighted by Crippen LogP contribution is -2.39. The lowest BCUT2D eigenvalue weighted by atomic mass is 10.1. The molecule has 1 amide bonds. The summed E-state index contributed by atoms with van der Waals surface area (Å²) in [5, 5.41) is 4.37. The van der Waals surface area contributed by atoms with Crippen molar-refractivity contribution < 1.29 is 13.2 Å². The van der Waals surface area contributed by atoms with E-state index in [0.717, 1.165) is 42.2 Å². The van der Waals surface area contributed by atoms with Crippen molar-refractivity contribution in [1.82, 2.24) is 10.3 Å². The third kappa shape index (κ3) is 5.19. The number of amides is 1. The zero-order chi connectivity index (χ0) is 17.7. The molecular weight excluding hydrogens is 352 g/mol. The van der Waals surface area contributed by atoms with Gasteiger partial charge in [0, 0.05) is 31.6 Å². The fourth-order valence-corrected chi connectivity index (χ4v) is 3.49. The molecule has 7 nitrogen and oxygen atoms in total. The first-order valence-corrected chi connectivity index (χ1v) is 9.75. The van der Waals surface area contributed by atoms with Crippen molar-refractivity contribution >= 4 is 38.9 Å². The number of sulfonamides is 1. The van der Waals surface area contributed by atoms with Gasteiger partial charge in [-0.3, -0.25) is 9.10 Å². The highest BCUT2D eigenvalue weighted by Gasteiger charge is 2.22. The Kier molecular flexibility index (Phi) is 6.20. The van der Waals surface area contributed by atoms with Crippen molar-refractivity contribution in [3.8, 4) is 0 Å². The van der Waals surface area contributed by atoms with Crippen LogP contribution in [0, 0.1) is 0 Å². The average molecular weight is 373 g/mol. The first-order valence-electron chi connectivity index (χ1n) is 7.52. The third-order valence-corrected chi connectivity index (χ3v) is 5.16. The second kappa shape index (κ2) is 7.96. The van der Waals surface area contributed by atoms with E-state index >= 15 is 0 Å². The van der Waals surface area contributed by atoms with E-state index in [9.17, 15) is 13.2 Å². The van der Waals surface area contributed by atoms with Gasteiger partial charge >= 0.3 is 0 Å². The summed E-state index contributed by atoms with van der Waals surface area (Å²) in [5.74, 6) is -0.508. The maximum absolute atomic E-state index is 12.1. The Bertz CT molecular complexity index is 726. The van der Waals surface area contributed by atoms with Gasteiger partial charge in [-0.1, -0.05) is 23.7 Å². The first kappa shape index (κ1) is 18.7. The van der Waals surface area contributed by atoms with Crippen LogP contribution in [0.1, 0.15) is 12.8 Å². The summed E-state index contributed by atoms with van der Waals surface area (Å²) in [6, 6.07) is 6.49. The Morgan fingerprint density at radius 3 is 2.54 bits per heavy atom. The van der Waals surface area contributed by atoms with Crippen LogP contribution in [0.3, 0.4) is 0 Å². The number of nitrogens with one attached hydrogen (secondary N) is 1. The summed E-state index contributed by atoms with van der Waals surface area (Å²) in [7, 11) is -1.62. The molecule has 0 saturated carbocycles. The van der Waals surface area contributed by atoms with Gasteiger partial charge in [0.05, 0.1) is 17.0 Å². The summed E-state index contributed by atoms with van der Waals surface area (Å²) in [4.78, 5) is 14.3. The number of hydrazone groups is 1. The molecule has 1 aliphatic rings. The van der Waals surface area contributed by atoms with Gasteiger partial charge < -0.3 is 4.90 Å². The number of benzene rings is 1. The smallest absolute Gasteiger partial charge is 0.260 e. The third-order valence-electron chi connectivity index (χ3n) is 3.71. The minimum atomic E-state index is -3.65. The molecule has 0 bridgehead atoms. The average Bonchev–Trinajstić information content (AvgIpc) is 2.52. The van der Waals surface area contributed by atoms with Gasteiger partial charge in [-0.2, -0.15) is 5.10 Å². The van der Waals surface area contributed by atoms with Crippen molar-refractivity contribution in [2.24, 2.45) is 5.10 Å². The van der Waals surface area contributed by atoms with Crippen LogP contribution >= 0.6 is 11.6 Å². The lowest BCUT2D eigenvalue weighted by molar-refractivity contribution is -0.119. The van der Waals surface area contributed by atoms with E-state index < -0.39 is 15.9 Å². The van der Waals surface area contributed by atoms with Crippen LogP contribution < -0.4 is 9.73 Å². The molecule has 1 aromatic carbocycles. The molecule has 1 saturated heterocycles. The molecule has 24 heavy (non-hydrogen) atoms. The number of carbonyl (C=O) groups excluding carboxylic acids is 1. The Hall–Kier alpha value is -1.64. The summed E-state index contributed by atoms with van der Waals surface area (Å²) in [6.07, 6.45) is 2.61. The zero-order valence-electron chi connectivity index (χ0n) is 13.7. The predicted octanol–water partition coefficient (Wildman–Crippen LogP) is 1.30. The molecule has 9 heteroatoms. The van der Waals surface area contributed by atoms with E-state index in [1.807, 2.05) is 7.05 Å². The fourth-order valence-electron chi connectivity index (χ4n) is 2.33. The molecular formula is C15H21ClN4O3S. The van der Waals surface area contributed by atoms with E-state index in [1.165, 1.54) is 0 Å². The van der Waals surface area contributed by atoms with E-state index in [0.29, 0.717) is 0 Å². The van der Waals surface area contributed by atoms with E-state index in [2.05, 4.69) is 15.4 Å². The Morgan fingerprint density at radius 2 is 1.96 bits per heavy atom. The lowest BCUT2D eigenvalue weighted by Gasteiger charge is -2.24. The molecule has 1 aromatic rings. The van der Waals surface area contributed by atoms with Crippen molar-refractivity contribution in [3.63, 3.8) is 0 Å². The largest absolute Gasteiger partial charge is 0.306 e. The highest BCUT2D eigenvalue weighted by molar-refractivity contribution is 7.92. The zero-order valence-corrected chi connectivity index (χ0v) is 15.3. The van der Waals surface area contributed by atoms with Crippen LogP contribution in [0.25, 0.3) is 0 Å². The minimum Gasteiger partial charge on any atom is -0.306 e. The Balaban J connectivity index is 2.06. The van der Waals surface area contributed by atoms with Crippen LogP contribution in [-0.4, -0.2) is 57.9 Å². The standard InChI is InChI=1S/C15H21ClN4O3S/c1-19-9-7-12(8-10-19)17-18-15(21)11-20(24(2,22)23)14-6-4-3-5-13(14)16/h3-6H,7-11H2,1-2H3,(H,18,21). The molecule has 0 unspecified atom stereocenters. The van der Waals surface area contributed by atoms with Crippen molar-refractivity contribution in [1.29, 1.82) is 0 Å². The van der Waals surface area contributed by atoms with Crippen molar-refractivity contribution in [2.75, 3.05) is 37.2 Å². The van der Waals surface area contributed by atoms with Crippen molar-refractivity contribution in [2.45, 2.75) is 12.8 Å². The number of anilines is 1. The van der Waals surface area contributed by atoms with Crippen LogP contribution in [0.4, 0.5) is 5.69 Å². The number of para-hydroxylation sites is 1. The summed E-state index contributed by atoms with van der Waals surface area (Å²) >= 11 is 6.05. The van der Waals surface area contributed by atoms with Gasteiger partial charge in [-0.15, -0.1) is 0 Å². The van der Waals surface area contributed by atoms with Gasteiger partial charge in [0.25, 0.3) is 5.91 Å². The maximum Gasteiger partial charge on any atom is 0.260 e. The molecule has 132 valence electrons. The van der Waals surface area contributed by atoms with Gasteiger partial charge in [0.15, 0.2) is 0 Å². The number of hydrogen-bond donors (Lipinski definition) is 1. The van der Waals surface area contributed by atoms with Crippen molar-refractivity contribution in [3.05, 3.63) is 29.3 Å². The Morgan fingerprint density at radius 1 is 1.33 bits per heavy atom.